The van der Waals surface area contributed by atoms with E-state index in [4.69, 9.17) is 0 Å². The Bertz CT molecular complexity index is 1120. The molecule has 1 saturated carbocycles. The lowest BCUT2D eigenvalue weighted by Crippen LogP contribution is -2.18. The minimum atomic E-state index is -4.50. The van der Waals surface area contributed by atoms with E-state index in [0.717, 1.165) is 18.9 Å². The Balaban J connectivity index is 1.75. The Hall–Kier alpha value is -2.95. The topological polar surface area (TPSA) is 89.8 Å². The van der Waals surface area contributed by atoms with E-state index in [2.05, 4.69) is 19.8 Å². The molecule has 0 aliphatic heterocycles. The monoisotopic (exact) mass is 409 g/mol. The van der Waals surface area contributed by atoms with Crippen molar-refractivity contribution < 1.29 is 21.6 Å². The summed E-state index contributed by atoms with van der Waals surface area (Å²) < 4.78 is 68.7. The predicted molar refractivity (Wildman–Crippen MR) is 93.3 cm³/mol. The first-order chi connectivity index (χ1) is 13.3. The summed E-state index contributed by atoms with van der Waals surface area (Å²) >= 11 is 0. The van der Waals surface area contributed by atoms with E-state index in [1.54, 1.807) is 6.07 Å². The van der Waals surface area contributed by atoms with E-state index in [0.29, 0.717) is 17.8 Å². The maximum absolute atomic E-state index is 14.1. The first-order valence-corrected chi connectivity index (χ1v) is 9.81. The van der Waals surface area contributed by atoms with Gasteiger partial charge in [0.2, 0.25) is 0 Å². The Morgan fingerprint density at radius 3 is 2.50 bits per heavy atom. The summed E-state index contributed by atoms with van der Waals surface area (Å²) in [6, 6.07) is 5.25. The number of halogens is 3. The molecule has 2 aromatic heterocycles. The summed E-state index contributed by atoms with van der Waals surface area (Å²) in [7, 11) is -4.50. The first kappa shape index (κ1) is 18.4. The van der Waals surface area contributed by atoms with Crippen LogP contribution in [0.5, 0.6) is 0 Å². The summed E-state index contributed by atoms with van der Waals surface area (Å²) in [6.45, 7) is 0. The van der Waals surface area contributed by atoms with Crippen molar-refractivity contribution in [3.05, 3.63) is 59.8 Å². The molecule has 4 rings (SSSR count). The second-order valence-corrected chi connectivity index (χ2v) is 7.94. The van der Waals surface area contributed by atoms with Crippen molar-refractivity contribution in [2.75, 3.05) is 4.72 Å². The number of alkyl halides is 2. The van der Waals surface area contributed by atoms with Crippen LogP contribution in [0.25, 0.3) is 5.95 Å². The average molecular weight is 409 g/mol. The van der Waals surface area contributed by atoms with E-state index in [9.17, 15) is 21.6 Å². The third-order valence-corrected chi connectivity index (χ3v) is 5.57. The zero-order chi connectivity index (χ0) is 19.9. The predicted octanol–water partition coefficient (Wildman–Crippen LogP) is 3.42. The van der Waals surface area contributed by atoms with Gasteiger partial charge in [0.15, 0.2) is 0 Å². The molecule has 0 radical (unpaired) electrons. The maximum atomic E-state index is 14.1. The van der Waals surface area contributed by atoms with Gasteiger partial charge < -0.3 is 0 Å². The number of hydrogen-bond acceptors (Lipinski definition) is 5. The number of aromatic nitrogens is 4. The minimum Gasteiger partial charge on any atom is -0.263 e. The van der Waals surface area contributed by atoms with Crippen LogP contribution in [0.15, 0.2) is 47.6 Å². The number of hydrogen-bond donors (Lipinski definition) is 1. The number of nitrogens with zero attached hydrogens (tertiary/aromatic N) is 4. The molecule has 0 amide bonds. The zero-order valence-electron chi connectivity index (χ0n) is 14.3. The summed E-state index contributed by atoms with van der Waals surface area (Å²) in [5.41, 5.74) is 0.0484. The number of sulfonamides is 1. The van der Waals surface area contributed by atoms with Crippen LogP contribution < -0.4 is 4.72 Å². The van der Waals surface area contributed by atoms with Crippen LogP contribution in [0, 0.1) is 5.82 Å². The fraction of sp³-hybridized carbons (Fsp3) is 0.235. The third kappa shape index (κ3) is 3.57. The second kappa shape index (κ2) is 6.89. The number of anilines is 1. The molecule has 146 valence electrons. The fourth-order valence-corrected chi connectivity index (χ4v) is 3.80. The molecule has 0 spiro atoms. The Morgan fingerprint density at radius 1 is 1.14 bits per heavy atom. The zero-order valence-corrected chi connectivity index (χ0v) is 15.1. The van der Waals surface area contributed by atoms with Crippen molar-refractivity contribution in [1.82, 2.24) is 19.7 Å². The van der Waals surface area contributed by atoms with Gasteiger partial charge in [-0.15, -0.1) is 0 Å². The molecule has 1 aliphatic carbocycles. The van der Waals surface area contributed by atoms with Crippen molar-refractivity contribution >= 4 is 15.8 Å². The van der Waals surface area contributed by atoms with Crippen molar-refractivity contribution in [2.24, 2.45) is 0 Å². The third-order valence-electron chi connectivity index (χ3n) is 4.20. The highest BCUT2D eigenvalue weighted by Crippen LogP contribution is 2.40. The largest absolute Gasteiger partial charge is 0.265 e. The molecule has 1 fully saturated rings. The molecule has 11 heteroatoms. The van der Waals surface area contributed by atoms with Crippen LogP contribution in [0.1, 0.15) is 36.4 Å². The number of benzene rings is 1. The fourth-order valence-electron chi connectivity index (χ4n) is 2.66. The van der Waals surface area contributed by atoms with Gasteiger partial charge in [-0.3, -0.25) is 4.72 Å². The first-order valence-electron chi connectivity index (χ1n) is 8.33. The van der Waals surface area contributed by atoms with Crippen LogP contribution in [0.3, 0.4) is 0 Å². The minimum absolute atomic E-state index is 0.00468. The van der Waals surface area contributed by atoms with E-state index in [-0.39, 0.29) is 17.7 Å². The maximum Gasteiger partial charge on any atom is 0.265 e. The van der Waals surface area contributed by atoms with Gasteiger partial charge in [0.1, 0.15) is 16.5 Å². The van der Waals surface area contributed by atoms with E-state index in [1.165, 1.54) is 23.1 Å². The van der Waals surface area contributed by atoms with Crippen molar-refractivity contribution in [2.45, 2.75) is 30.1 Å². The van der Waals surface area contributed by atoms with Crippen LogP contribution in [-0.4, -0.2) is 28.2 Å². The number of rotatable bonds is 6. The quantitative estimate of drug-likeness (QED) is 0.674. The molecule has 1 aromatic carbocycles. The molecule has 28 heavy (non-hydrogen) atoms. The SMILES string of the molecule is O=S(=O)(Nc1cc(C2CC2)nn1-c1ncccn1)c1cc(C(F)F)ccc1F. The Morgan fingerprint density at radius 2 is 1.86 bits per heavy atom. The van der Waals surface area contributed by atoms with Crippen molar-refractivity contribution in [1.29, 1.82) is 0 Å². The van der Waals surface area contributed by atoms with Crippen LogP contribution >= 0.6 is 0 Å². The lowest BCUT2D eigenvalue weighted by Gasteiger charge is -2.11. The van der Waals surface area contributed by atoms with Crippen molar-refractivity contribution in [3.8, 4) is 5.95 Å². The summed E-state index contributed by atoms with van der Waals surface area (Å²) in [5.74, 6) is -0.822. The van der Waals surface area contributed by atoms with Gasteiger partial charge in [-0.1, -0.05) is 6.07 Å². The lowest BCUT2D eigenvalue weighted by atomic mass is 10.2. The van der Waals surface area contributed by atoms with E-state index in [1.807, 2.05) is 0 Å². The van der Waals surface area contributed by atoms with Gasteiger partial charge >= 0.3 is 0 Å². The Kier molecular flexibility index (Phi) is 4.53. The highest BCUT2D eigenvalue weighted by Gasteiger charge is 2.30. The van der Waals surface area contributed by atoms with E-state index >= 15 is 0 Å². The highest BCUT2D eigenvalue weighted by atomic mass is 32.2. The molecule has 1 N–H and O–H groups in total. The molecular weight excluding hydrogens is 395 g/mol. The summed E-state index contributed by atoms with van der Waals surface area (Å²) in [6.07, 6.45) is 1.84. The molecule has 2 heterocycles. The summed E-state index contributed by atoms with van der Waals surface area (Å²) in [5, 5.41) is 4.34. The molecule has 1 aliphatic rings. The molecular formula is C17H14F3N5O2S. The van der Waals surface area contributed by atoms with Crippen LogP contribution in [0.2, 0.25) is 0 Å². The number of nitrogens with one attached hydrogen (secondary N) is 1. The van der Waals surface area contributed by atoms with Gasteiger partial charge in [0.25, 0.3) is 22.4 Å². The standard InChI is InChI=1S/C17H14F3N5O2S/c18-12-5-4-11(16(19)20)8-14(12)28(26,27)24-15-9-13(10-2-3-10)23-25(15)17-21-6-1-7-22-17/h1,4-10,16,24H,2-3H2. The molecule has 0 bridgehead atoms. The normalized spacial score (nSPS) is 14.4. The lowest BCUT2D eigenvalue weighted by molar-refractivity contribution is 0.151. The van der Waals surface area contributed by atoms with Gasteiger partial charge in [0, 0.05) is 29.9 Å². The molecule has 0 atom stereocenters. The van der Waals surface area contributed by atoms with Gasteiger partial charge in [-0.2, -0.15) is 9.78 Å². The van der Waals surface area contributed by atoms with Gasteiger partial charge in [-0.25, -0.2) is 31.6 Å². The van der Waals surface area contributed by atoms with Crippen molar-refractivity contribution in [3.63, 3.8) is 0 Å². The molecule has 7 nitrogen and oxygen atoms in total. The smallest absolute Gasteiger partial charge is 0.263 e. The summed E-state index contributed by atoms with van der Waals surface area (Å²) in [4.78, 5) is 7.21. The highest BCUT2D eigenvalue weighted by molar-refractivity contribution is 7.92. The van der Waals surface area contributed by atoms with Gasteiger partial charge in [0.05, 0.1) is 5.69 Å². The second-order valence-electron chi connectivity index (χ2n) is 6.29. The Labute approximate surface area is 158 Å². The molecule has 0 unspecified atom stereocenters. The average Bonchev–Trinajstić information content (AvgIpc) is 3.43. The van der Waals surface area contributed by atoms with Crippen LogP contribution in [0.4, 0.5) is 19.0 Å². The van der Waals surface area contributed by atoms with E-state index < -0.39 is 32.7 Å². The van der Waals surface area contributed by atoms with Gasteiger partial charge in [-0.05, 0) is 31.0 Å². The molecule has 0 saturated heterocycles. The molecule has 3 aromatic rings. The van der Waals surface area contributed by atoms with Crippen LogP contribution in [-0.2, 0) is 10.0 Å².